The molecule has 170 valence electrons. The monoisotopic (exact) mass is 443 g/mol. The zero-order chi connectivity index (χ0) is 22.2. The minimum absolute atomic E-state index is 0.0399. The van der Waals surface area contributed by atoms with Gasteiger partial charge in [0.25, 0.3) is 0 Å². The SMILES string of the molecule is C[C@@H]1CN(c2c(CO)cc3c(-c4cnc(N5CCOCC5)cn4)noc3c2F)C[C@@H](C)O1. The van der Waals surface area contributed by atoms with E-state index < -0.39 is 5.82 Å². The standard InChI is InChI=1S/C22H26FN5O4/c1-13-10-28(11-14(2)31-13)21-15(12-29)7-16-20(26-32-22(16)19(21)23)17-8-25-18(9-24-17)27-3-5-30-6-4-27/h7-9,13-14,29H,3-6,10-12H2,1-2H3/t13-,14-/m1/s1. The normalized spacial score (nSPS) is 22.0. The summed E-state index contributed by atoms with van der Waals surface area (Å²) in [6, 6.07) is 1.72. The minimum atomic E-state index is -0.538. The van der Waals surface area contributed by atoms with Gasteiger partial charge in [0.2, 0.25) is 5.58 Å². The second-order valence-corrected chi connectivity index (χ2v) is 8.29. The predicted octanol–water partition coefficient (Wildman–Crippen LogP) is 2.37. The van der Waals surface area contributed by atoms with Crippen LogP contribution in [0, 0.1) is 5.82 Å². The Kier molecular flexibility index (Phi) is 5.66. The summed E-state index contributed by atoms with van der Waals surface area (Å²) in [4.78, 5) is 13.0. The van der Waals surface area contributed by atoms with Gasteiger partial charge in [0.05, 0.1) is 55.5 Å². The molecule has 2 saturated heterocycles. The van der Waals surface area contributed by atoms with E-state index in [1.165, 1.54) is 0 Å². The van der Waals surface area contributed by atoms with Crippen LogP contribution in [0.5, 0.6) is 0 Å². The fourth-order valence-electron chi connectivity index (χ4n) is 4.49. The Balaban J connectivity index is 1.51. The molecule has 0 unspecified atom stereocenters. The number of fused-ring (bicyclic) bond motifs is 1. The van der Waals surface area contributed by atoms with Gasteiger partial charge < -0.3 is 28.9 Å². The second-order valence-electron chi connectivity index (χ2n) is 8.29. The number of hydrogen-bond acceptors (Lipinski definition) is 9. The Labute approximate surface area is 184 Å². The summed E-state index contributed by atoms with van der Waals surface area (Å²) in [5.41, 5.74) is 1.71. The lowest BCUT2D eigenvalue weighted by Gasteiger charge is -2.37. The van der Waals surface area contributed by atoms with Gasteiger partial charge in [0, 0.05) is 31.7 Å². The lowest BCUT2D eigenvalue weighted by molar-refractivity contribution is -0.00549. The van der Waals surface area contributed by atoms with E-state index >= 15 is 4.39 Å². The minimum Gasteiger partial charge on any atom is -0.392 e. The number of ether oxygens (including phenoxy) is 2. The van der Waals surface area contributed by atoms with Crippen LogP contribution in [0.2, 0.25) is 0 Å². The number of benzene rings is 1. The van der Waals surface area contributed by atoms with Crippen molar-refractivity contribution in [1.82, 2.24) is 15.1 Å². The Morgan fingerprint density at radius 2 is 1.84 bits per heavy atom. The molecule has 2 atom stereocenters. The fraction of sp³-hybridized carbons (Fsp3) is 0.500. The number of anilines is 2. The van der Waals surface area contributed by atoms with Crippen LogP contribution in [0.1, 0.15) is 19.4 Å². The quantitative estimate of drug-likeness (QED) is 0.652. The van der Waals surface area contributed by atoms with Crippen LogP contribution in [-0.2, 0) is 16.1 Å². The van der Waals surface area contributed by atoms with E-state index in [-0.39, 0.29) is 24.4 Å². The van der Waals surface area contributed by atoms with Crippen molar-refractivity contribution >= 4 is 22.5 Å². The third-order valence-electron chi connectivity index (χ3n) is 5.88. The molecule has 1 aromatic carbocycles. The second kappa shape index (κ2) is 8.61. The molecule has 0 bridgehead atoms. The van der Waals surface area contributed by atoms with Crippen molar-refractivity contribution in [2.24, 2.45) is 0 Å². The molecule has 10 heteroatoms. The van der Waals surface area contributed by atoms with E-state index in [1.807, 2.05) is 18.7 Å². The largest absolute Gasteiger partial charge is 0.392 e. The molecule has 5 rings (SSSR count). The van der Waals surface area contributed by atoms with E-state index in [4.69, 9.17) is 14.0 Å². The highest BCUT2D eigenvalue weighted by Gasteiger charge is 2.29. The van der Waals surface area contributed by atoms with Crippen molar-refractivity contribution in [3.8, 4) is 11.4 Å². The number of aliphatic hydroxyl groups excluding tert-OH is 1. The Morgan fingerprint density at radius 3 is 2.50 bits per heavy atom. The maximum absolute atomic E-state index is 15.6. The molecule has 4 heterocycles. The predicted molar refractivity (Wildman–Crippen MR) is 116 cm³/mol. The van der Waals surface area contributed by atoms with Crippen molar-refractivity contribution < 1.29 is 23.5 Å². The van der Waals surface area contributed by atoms with Crippen molar-refractivity contribution in [1.29, 1.82) is 0 Å². The van der Waals surface area contributed by atoms with Crippen molar-refractivity contribution in [2.75, 3.05) is 49.2 Å². The van der Waals surface area contributed by atoms with Gasteiger partial charge in [-0.15, -0.1) is 0 Å². The molecule has 0 spiro atoms. The van der Waals surface area contributed by atoms with Gasteiger partial charge in [0.1, 0.15) is 17.2 Å². The van der Waals surface area contributed by atoms with Crippen LogP contribution in [0.3, 0.4) is 0 Å². The van der Waals surface area contributed by atoms with Crippen LogP contribution in [0.15, 0.2) is 23.0 Å². The van der Waals surface area contributed by atoms with Crippen molar-refractivity contribution in [3.05, 3.63) is 29.8 Å². The maximum atomic E-state index is 15.6. The number of aromatic nitrogens is 3. The van der Waals surface area contributed by atoms with Gasteiger partial charge in [0.15, 0.2) is 5.82 Å². The molecule has 2 aliphatic heterocycles. The highest BCUT2D eigenvalue weighted by molar-refractivity contribution is 5.94. The van der Waals surface area contributed by atoms with Gasteiger partial charge >= 0.3 is 0 Å². The van der Waals surface area contributed by atoms with Crippen LogP contribution in [0.25, 0.3) is 22.4 Å². The molecule has 0 radical (unpaired) electrons. The van der Waals surface area contributed by atoms with Crippen LogP contribution in [0.4, 0.5) is 15.9 Å². The van der Waals surface area contributed by atoms with E-state index in [0.29, 0.717) is 54.3 Å². The summed E-state index contributed by atoms with van der Waals surface area (Å²) in [5, 5.41) is 14.6. The number of rotatable bonds is 4. The third-order valence-corrected chi connectivity index (χ3v) is 5.88. The zero-order valence-corrected chi connectivity index (χ0v) is 18.1. The molecule has 3 aromatic rings. The molecule has 9 nitrogen and oxygen atoms in total. The Bertz CT molecular complexity index is 1090. The molecule has 2 aliphatic rings. The topological polar surface area (TPSA) is 97.0 Å². The number of aliphatic hydroxyl groups is 1. The highest BCUT2D eigenvalue weighted by atomic mass is 19.1. The summed E-state index contributed by atoms with van der Waals surface area (Å²) in [7, 11) is 0. The smallest absolute Gasteiger partial charge is 0.205 e. The fourth-order valence-corrected chi connectivity index (χ4v) is 4.49. The summed E-state index contributed by atoms with van der Waals surface area (Å²) >= 11 is 0. The number of nitrogens with zero attached hydrogens (tertiary/aromatic N) is 5. The molecule has 2 fully saturated rings. The number of halogens is 1. The first-order valence-electron chi connectivity index (χ1n) is 10.8. The van der Waals surface area contributed by atoms with E-state index in [1.54, 1.807) is 18.5 Å². The third kappa shape index (κ3) is 3.78. The van der Waals surface area contributed by atoms with E-state index in [2.05, 4.69) is 20.0 Å². The summed E-state index contributed by atoms with van der Waals surface area (Å²) in [6.45, 7) is 7.46. The molecule has 0 saturated carbocycles. The first kappa shape index (κ1) is 21.0. The van der Waals surface area contributed by atoms with E-state index in [9.17, 15) is 5.11 Å². The zero-order valence-electron chi connectivity index (χ0n) is 18.1. The van der Waals surface area contributed by atoms with Crippen LogP contribution >= 0.6 is 0 Å². The summed E-state index contributed by atoms with van der Waals surface area (Å²) in [6.07, 6.45) is 3.18. The number of morpholine rings is 2. The van der Waals surface area contributed by atoms with Gasteiger partial charge in [-0.2, -0.15) is 0 Å². The van der Waals surface area contributed by atoms with Crippen molar-refractivity contribution in [3.63, 3.8) is 0 Å². The van der Waals surface area contributed by atoms with Crippen molar-refractivity contribution in [2.45, 2.75) is 32.7 Å². The van der Waals surface area contributed by atoms with Gasteiger partial charge in [-0.25, -0.2) is 14.4 Å². The van der Waals surface area contributed by atoms with Crippen LogP contribution in [-0.4, -0.2) is 71.8 Å². The Morgan fingerprint density at radius 1 is 1.09 bits per heavy atom. The molecule has 0 aliphatic carbocycles. The van der Waals surface area contributed by atoms with E-state index in [0.717, 1.165) is 18.9 Å². The molecule has 2 aromatic heterocycles. The molecular weight excluding hydrogens is 417 g/mol. The Hall–Kier alpha value is -2.82. The first-order valence-corrected chi connectivity index (χ1v) is 10.8. The van der Waals surface area contributed by atoms with Crippen LogP contribution < -0.4 is 9.80 Å². The lowest BCUT2D eigenvalue weighted by atomic mass is 10.0. The lowest BCUT2D eigenvalue weighted by Crippen LogP contribution is -2.46. The summed E-state index contributed by atoms with van der Waals surface area (Å²) < 4.78 is 32.2. The molecule has 32 heavy (non-hydrogen) atoms. The average molecular weight is 443 g/mol. The molecular formula is C22H26FN5O4. The molecule has 0 amide bonds. The average Bonchev–Trinajstić information content (AvgIpc) is 3.23. The number of hydrogen-bond donors (Lipinski definition) is 1. The summed E-state index contributed by atoms with van der Waals surface area (Å²) in [5.74, 6) is 0.217. The van der Waals surface area contributed by atoms with Gasteiger partial charge in [-0.05, 0) is 19.9 Å². The highest BCUT2D eigenvalue weighted by Crippen LogP contribution is 2.37. The molecule has 1 N–H and O–H groups in total. The first-order chi connectivity index (χ1) is 15.5. The maximum Gasteiger partial charge on any atom is 0.205 e. The van der Waals surface area contributed by atoms with Gasteiger partial charge in [-0.1, -0.05) is 5.16 Å². The van der Waals surface area contributed by atoms with Gasteiger partial charge in [-0.3, -0.25) is 0 Å².